The summed E-state index contributed by atoms with van der Waals surface area (Å²) in [6.07, 6.45) is 5.31. The van der Waals surface area contributed by atoms with Crippen molar-refractivity contribution in [2.45, 2.75) is 54.5 Å². The number of nitrogens with zero attached hydrogens (tertiary/aromatic N) is 1. The Kier molecular flexibility index (Phi) is 11.5. The first-order valence-corrected chi connectivity index (χ1v) is 14.8. The van der Waals surface area contributed by atoms with Gasteiger partial charge in [0.2, 0.25) is 10.0 Å². The van der Waals surface area contributed by atoms with Crippen LogP contribution in [0.15, 0.2) is 0 Å². The Hall–Kier alpha value is 0.330. The molecule has 2 aliphatic carbocycles. The molecule has 0 spiro atoms. The highest BCUT2D eigenvalue weighted by Crippen LogP contribution is 2.48. The molecule has 10 heteroatoms. The number of fused-ring (bicyclic) bond motifs is 1. The van der Waals surface area contributed by atoms with Crippen LogP contribution in [0.1, 0.15) is 38.5 Å². The Balaban J connectivity index is 1.40. The van der Waals surface area contributed by atoms with Gasteiger partial charge in [0.25, 0.3) is 0 Å². The fourth-order valence-electron chi connectivity index (χ4n) is 6.09. The molecule has 1 heterocycles. The summed E-state index contributed by atoms with van der Waals surface area (Å²) in [6, 6.07) is 0. The molecule has 7 nitrogen and oxygen atoms in total. The number of hydrogen-bond acceptors (Lipinski definition) is 6. The lowest BCUT2D eigenvalue weighted by atomic mass is 9.63. The zero-order valence-corrected chi connectivity index (χ0v) is 22.4. The number of piperidine rings is 1. The van der Waals surface area contributed by atoms with Crippen molar-refractivity contribution in [3.8, 4) is 0 Å². The molecular weight excluding hydrogens is 487 g/mol. The summed E-state index contributed by atoms with van der Waals surface area (Å²) >= 11 is 13.3. The Morgan fingerprint density at radius 1 is 0.879 bits per heavy atom. The molecule has 0 radical (unpaired) electrons. The molecule has 3 rings (SSSR count). The first kappa shape index (κ1) is 27.9. The summed E-state index contributed by atoms with van der Waals surface area (Å²) in [4.78, 5) is 2.42. The van der Waals surface area contributed by atoms with Crippen LogP contribution in [0.4, 0.5) is 0 Å². The van der Waals surface area contributed by atoms with Gasteiger partial charge in [-0.05, 0) is 69.2 Å². The smallest absolute Gasteiger partial charge is 0.214 e. The third-order valence-corrected chi connectivity index (χ3v) is 10.5. The van der Waals surface area contributed by atoms with E-state index in [1.807, 2.05) is 0 Å². The van der Waals surface area contributed by atoms with Crippen LogP contribution in [-0.4, -0.2) is 96.1 Å². The van der Waals surface area contributed by atoms with Gasteiger partial charge in [0, 0.05) is 37.5 Å². The highest BCUT2D eigenvalue weighted by Gasteiger charge is 2.47. The number of sulfonamides is 1. The Morgan fingerprint density at radius 2 is 1.52 bits per heavy atom. The van der Waals surface area contributed by atoms with Crippen molar-refractivity contribution in [3.63, 3.8) is 0 Å². The van der Waals surface area contributed by atoms with E-state index in [0.717, 1.165) is 51.6 Å². The lowest BCUT2D eigenvalue weighted by Crippen LogP contribution is -2.53. The maximum atomic E-state index is 12.8. The molecule has 3 aliphatic rings. The SMILES string of the molecule is COCCOCCOCCNS(=O)(=O)C1CCC(C2CN(C)CC3C(Cl)CC(Cl)CC32)CC1. The average molecular weight is 530 g/mol. The van der Waals surface area contributed by atoms with Crippen molar-refractivity contribution < 1.29 is 22.6 Å². The summed E-state index contributed by atoms with van der Waals surface area (Å²) in [5, 5.41) is 0.00687. The summed E-state index contributed by atoms with van der Waals surface area (Å²) in [6.45, 7) is 4.78. The van der Waals surface area contributed by atoms with Crippen molar-refractivity contribution in [2.24, 2.45) is 23.7 Å². The topological polar surface area (TPSA) is 77.1 Å². The Morgan fingerprint density at radius 3 is 2.21 bits per heavy atom. The molecule has 2 saturated carbocycles. The first-order chi connectivity index (χ1) is 15.8. The van der Waals surface area contributed by atoms with Crippen molar-refractivity contribution in [1.82, 2.24) is 9.62 Å². The molecule has 0 aromatic carbocycles. The first-order valence-electron chi connectivity index (χ1n) is 12.4. The number of alkyl halides is 2. The minimum absolute atomic E-state index is 0.150. The van der Waals surface area contributed by atoms with Gasteiger partial charge in [0.1, 0.15) is 0 Å². The molecule has 0 aromatic rings. The molecule has 5 atom stereocenters. The van der Waals surface area contributed by atoms with E-state index < -0.39 is 10.0 Å². The number of halogens is 2. The monoisotopic (exact) mass is 528 g/mol. The van der Waals surface area contributed by atoms with E-state index in [-0.39, 0.29) is 16.0 Å². The van der Waals surface area contributed by atoms with E-state index in [2.05, 4.69) is 16.7 Å². The lowest BCUT2D eigenvalue weighted by Gasteiger charge is -2.51. The number of rotatable bonds is 12. The van der Waals surface area contributed by atoms with Gasteiger partial charge >= 0.3 is 0 Å². The molecule has 0 bridgehead atoms. The highest BCUT2D eigenvalue weighted by molar-refractivity contribution is 7.90. The highest BCUT2D eigenvalue weighted by atomic mass is 35.5. The predicted molar refractivity (Wildman–Crippen MR) is 133 cm³/mol. The van der Waals surface area contributed by atoms with Gasteiger partial charge in [-0.15, -0.1) is 23.2 Å². The zero-order chi connectivity index (χ0) is 23.8. The van der Waals surface area contributed by atoms with Gasteiger partial charge in [-0.1, -0.05) is 0 Å². The van der Waals surface area contributed by atoms with Crippen molar-refractivity contribution in [1.29, 1.82) is 0 Å². The fraction of sp³-hybridized carbons (Fsp3) is 1.00. The molecule has 1 saturated heterocycles. The van der Waals surface area contributed by atoms with Crippen molar-refractivity contribution >= 4 is 33.2 Å². The minimum atomic E-state index is -3.32. The van der Waals surface area contributed by atoms with Gasteiger partial charge in [0.15, 0.2) is 0 Å². The van der Waals surface area contributed by atoms with Crippen LogP contribution in [-0.2, 0) is 24.2 Å². The van der Waals surface area contributed by atoms with Gasteiger partial charge in [0.05, 0.1) is 38.3 Å². The summed E-state index contributed by atoms with van der Waals surface area (Å²) < 4.78 is 44.0. The number of likely N-dealkylation sites (tertiary alicyclic amines) is 1. The largest absolute Gasteiger partial charge is 0.382 e. The molecular formula is C23H42Cl2N2O5S. The van der Waals surface area contributed by atoms with Gasteiger partial charge < -0.3 is 19.1 Å². The van der Waals surface area contributed by atoms with Crippen LogP contribution < -0.4 is 4.72 Å². The standard InChI is InChI=1S/C23H42Cl2N2O5S/c1-27-15-21(20-13-18(24)14-23(25)22(20)16-27)17-3-5-19(6-4-17)33(28,29)26-7-8-31-11-12-32-10-9-30-2/h17-23,26H,3-16H2,1-2H3. The van der Waals surface area contributed by atoms with Crippen molar-refractivity contribution in [2.75, 3.05) is 66.8 Å². The van der Waals surface area contributed by atoms with E-state index in [1.54, 1.807) is 7.11 Å². The van der Waals surface area contributed by atoms with Crippen LogP contribution in [0.5, 0.6) is 0 Å². The van der Waals surface area contributed by atoms with Gasteiger partial charge in [-0.3, -0.25) is 0 Å². The maximum Gasteiger partial charge on any atom is 0.214 e. The van der Waals surface area contributed by atoms with Gasteiger partial charge in [-0.25, -0.2) is 13.1 Å². The second kappa shape index (κ2) is 13.6. The van der Waals surface area contributed by atoms with Crippen molar-refractivity contribution in [3.05, 3.63) is 0 Å². The van der Waals surface area contributed by atoms with E-state index in [4.69, 9.17) is 37.4 Å². The Labute approximate surface area is 210 Å². The summed E-state index contributed by atoms with van der Waals surface area (Å²) in [5.74, 6) is 2.18. The average Bonchev–Trinajstić information content (AvgIpc) is 2.78. The minimum Gasteiger partial charge on any atom is -0.382 e. The summed E-state index contributed by atoms with van der Waals surface area (Å²) in [7, 11) is 0.493. The van der Waals surface area contributed by atoms with Crippen LogP contribution in [0, 0.1) is 23.7 Å². The number of nitrogens with one attached hydrogen (secondary N) is 1. The predicted octanol–water partition coefficient (Wildman–Crippen LogP) is 2.95. The maximum absolute atomic E-state index is 12.8. The normalized spacial score (nSPS) is 35.9. The van der Waals surface area contributed by atoms with Crippen LogP contribution in [0.25, 0.3) is 0 Å². The van der Waals surface area contributed by atoms with Crippen LogP contribution in [0.3, 0.4) is 0 Å². The second-order valence-corrected chi connectivity index (χ2v) is 13.2. The molecule has 1 aliphatic heterocycles. The van der Waals surface area contributed by atoms with Crippen LogP contribution in [0.2, 0.25) is 0 Å². The zero-order valence-electron chi connectivity index (χ0n) is 20.1. The number of hydrogen-bond donors (Lipinski definition) is 1. The van der Waals surface area contributed by atoms with E-state index in [9.17, 15) is 8.42 Å². The van der Waals surface area contributed by atoms with Crippen LogP contribution >= 0.6 is 23.2 Å². The van der Waals surface area contributed by atoms with E-state index >= 15 is 0 Å². The molecule has 33 heavy (non-hydrogen) atoms. The molecule has 5 unspecified atom stereocenters. The van der Waals surface area contributed by atoms with E-state index in [0.29, 0.717) is 63.3 Å². The quantitative estimate of drug-likeness (QED) is 0.310. The summed E-state index contributed by atoms with van der Waals surface area (Å²) in [5.41, 5.74) is 0. The molecule has 3 fully saturated rings. The third kappa shape index (κ3) is 8.17. The third-order valence-electron chi connectivity index (χ3n) is 7.73. The molecule has 0 amide bonds. The molecule has 194 valence electrons. The Bertz CT molecular complexity index is 678. The molecule has 0 aromatic heterocycles. The van der Waals surface area contributed by atoms with E-state index in [1.165, 1.54) is 0 Å². The number of methoxy groups -OCH3 is 1. The lowest BCUT2D eigenvalue weighted by molar-refractivity contribution is 0.0108. The second-order valence-electron chi connectivity index (χ2n) is 9.99. The van der Waals surface area contributed by atoms with Gasteiger partial charge in [-0.2, -0.15) is 0 Å². The molecule has 1 N–H and O–H groups in total. The fourth-order valence-corrected chi connectivity index (χ4v) is 8.56. The number of ether oxygens (including phenoxy) is 3.